The number of likely N-dealkylation sites (tertiary alicyclic amines) is 1. The second-order valence-electron chi connectivity index (χ2n) is 10.0. The number of esters is 1. The number of ether oxygens (including phenoxy) is 1. The number of carbonyl (C=O) groups is 3. The van der Waals surface area contributed by atoms with Gasteiger partial charge in [-0.2, -0.15) is 0 Å². The Morgan fingerprint density at radius 3 is 2.54 bits per heavy atom. The molecule has 2 aliphatic rings. The molecular formula is C28H32ClN5O5. The molecule has 0 atom stereocenters. The van der Waals surface area contributed by atoms with Crippen molar-refractivity contribution in [3.8, 4) is 0 Å². The van der Waals surface area contributed by atoms with Crippen LogP contribution in [0.3, 0.4) is 0 Å². The van der Waals surface area contributed by atoms with Gasteiger partial charge in [0.15, 0.2) is 5.69 Å². The quantitative estimate of drug-likeness (QED) is 0.360. The number of halogens is 1. The fourth-order valence-corrected chi connectivity index (χ4v) is 5.51. The molecule has 0 unspecified atom stereocenters. The van der Waals surface area contributed by atoms with Crippen LogP contribution >= 0.6 is 11.6 Å². The molecule has 0 aromatic carbocycles. The van der Waals surface area contributed by atoms with Crippen molar-refractivity contribution in [2.45, 2.75) is 57.9 Å². The molecule has 3 aromatic heterocycles. The van der Waals surface area contributed by atoms with Gasteiger partial charge in [0, 0.05) is 24.4 Å². The summed E-state index contributed by atoms with van der Waals surface area (Å²) in [6.45, 7) is 4.36. The maximum Gasteiger partial charge on any atom is 0.357 e. The number of rotatable bonds is 8. The Labute approximate surface area is 231 Å². The lowest BCUT2D eigenvalue weighted by atomic mass is 9.84. The van der Waals surface area contributed by atoms with Crippen LogP contribution < -0.4 is 10.6 Å². The van der Waals surface area contributed by atoms with E-state index >= 15 is 0 Å². The lowest BCUT2D eigenvalue weighted by Crippen LogP contribution is -2.38. The van der Waals surface area contributed by atoms with Crippen LogP contribution in [0.15, 0.2) is 35.0 Å². The summed E-state index contributed by atoms with van der Waals surface area (Å²) >= 11 is 5.91. The van der Waals surface area contributed by atoms with E-state index in [1.54, 1.807) is 18.2 Å². The number of furan rings is 1. The minimum atomic E-state index is -0.656. The molecule has 2 amide bonds. The van der Waals surface area contributed by atoms with E-state index < -0.39 is 11.9 Å². The average molecular weight is 554 g/mol. The highest BCUT2D eigenvalue weighted by Crippen LogP contribution is 2.36. The molecule has 5 rings (SSSR count). The normalized spacial score (nSPS) is 19.6. The molecule has 4 heterocycles. The van der Waals surface area contributed by atoms with Crippen molar-refractivity contribution in [3.05, 3.63) is 47.1 Å². The third-order valence-corrected chi connectivity index (χ3v) is 7.60. The molecule has 10 nitrogen and oxygen atoms in total. The van der Waals surface area contributed by atoms with Crippen molar-refractivity contribution in [2.75, 3.05) is 30.3 Å². The number of anilines is 2. The summed E-state index contributed by atoms with van der Waals surface area (Å²) in [6.07, 6.45) is 9.34. The summed E-state index contributed by atoms with van der Waals surface area (Å²) in [5.41, 5.74) is 0.303. The van der Waals surface area contributed by atoms with Crippen LogP contribution in [-0.2, 0) is 9.53 Å². The summed E-state index contributed by atoms with van der Waals surface area (Å²) in [5.74, 6) is -1.62. The van der Waals surface area contributed by atoms with E-state index in [1.165, 1.54) is 25.2 Å². The lowest BCUT2D eigenvalue weighted by molar-refractivity contribution is -0.121. The van der Waals surface area contributed by atoms with Gasteiger partial charge in [-0.05, 0) is 76.2 Å². The molecule has 2 fully saturated rings. The molecule has 0 bridgehead atoms. The second kappa shape index (κ2) is 12.1. The van der Waals surface area contributed by atoms with Gasteiger partial charge in [-0.1, -0.05) is 18.5 Å². The molecule has 1 aliphatic heterocycles. The van der Waals surface area contributed by atoms with Crippen molar-refractivity contribution in [1.29, 1.82) is 0 Å². The third-order valence-electron chi connectivity index (χ3n) is 7.38. The van der Waals surface area contributed by atoms with Crippen molar-refractivity contribution in [2.24, 2.45) is 5.92 Å². The predicted molar refractivity (Wildman–Crippen MR) is 147 cm³/mol. The van der Waals surface area contributed by atoms with Gasteiger partial charge in [0.2, 0.25) is 11.7 Å². The smallest absolute Gasteiger partial charge is 0.357 e. The number of nitrogens with zero attached hydrogens (tertiary/aromatic N) is 3. The Bertz CT molecular complexity index is 1340. The lowest BCUT2D eigenvalue weighted by Gasteiger charge is -2.33. The van der Waals surface area contributed by atoms with Gasteiger partial charge in [0.1, 0.15) is 17.1 Å². The SMILES string of the molecule is CCCOC(=O)c1nccc2oc(C(=O)Nc3ccc(Cl)cn3)c(NC(=O)C3CCC(N4CCCC4)CC3)c12. The fourth-order valence-electron chi connectivity index (χ4n) is 5.40. The monoisotopic (exact) mass is 553 g/mol. The summed E-state index contributed by atoms with van der Waals surface area (Å²) < 4.78 is 11.2. The van der Waals surface area contributed by atoms with Gasteiger partial charge in [0.05, 0.1) is 17.0 Å². The van der Waals surface area contributed by atoms with E-state index in [-0.39, 0.29) is 52.4 Å². The predicted octanol–water partition coefficient (Wildman–Crippen LogP) is 5.29. The highest BCUT2D eigenvalue weighted by molar-refractivity contribution is 6.30. The molecule has 11 heteroatoms. The Kier molecular flexibility index (Phi) is 8.42. The van der Waals surface area contributed by atoms with E-state index in [4.69, 9.17) is 20.8 Å². The van der Waals surface area contributed by atoms with Crippen LogP contribution in [0.5, 0.6) is 0 Å². The topological polar surface area (TPSA) is 127 Å². The highest BCUT2D eigenvalue weighted by Gasteiger charge is 2.33. The zero-order valence-electron chi connectivity index (χ0n) is 21.9. The first kappa shape index (κ1) is 27.1. The molecule has 0 spiro atoms. The van der Waals surface area contributed by atoms with E-state index in [0.717, 1.165) is 38.8 Å². The van der Waals surface area contributed by atoms with E-state index in [2.05, 4.69) is 25.5 Å². The first-order valence-electron chi connectivity index (χ1n) is 13.5. The van der Waals surface area contributed by atoms with Crippen molar-refractivity contribution in [3.63, 3.8) is 0 Å². The number of carbonyl (C=O) groups excluding carboxylic acids is 3. The molecular weight excluding hydrogens is 522 g/mol. The van der Waals surface area contributed by atoms with Gasteiger partial charge < -0.3 is 24.7 Å². The Morgan fingerprint density at radius 2 is 1.85 bits per heavy atom. The largest absolute Gasteiger partial charge is 0.461 e. The zero-order valence-corrected chi connectivity index (χ0v) is 22.6. The third kappa shape index (κ3) is 6.07. The summed E-state index contributed by atoms with van der Waals surface area (Å²) in [6, 6.07) is 5.20. The van der Waals surface area contributed by atoms with Crippen LogP contribution in [0, 0.1) is 5.92 Å². The van der Waals surface area contributed by atoms with Gasteiger partial charge in [-0.15, -0.1) is 0 Å². The number of aromatic nitrogens is 2. The average Bonchev–Trinajstić information content (AvgIpc) is 3.62. The highest BCUT2D eigenvalue weighted by atomic mass is 35.5. The summed E-state index contributed by atoms with van der Waals surface area (Å²) in [4.78, 5) is 50.5. The maximum atomic E-state index is 13.5. The molecule has 39 heavy (non-hydrogen) atoms. The van der Waals surface area contributed by atoms with Crippen LogP contribution in [-0.4, -0.2) is 58.4 Å². The van der Waals surface area contributed by atoms with Crippen molar-refractivity contribution in [1.82, 2.24) is 14.9 Å². The first-order valence-corrected chi connectivity index (χ1v) is 13.9. The number of hydrogen-bond donors (Lipinski definition) is 2. The number of amides is 2. The van der Waals surface area contributed by atoms with E-state index in [1.807, 2.05) is 6.92 Å². The Hall–Kier alpha value is -3.50. The number of nitrogens with one attached hydrogen (secondary N) is 2. The van der Waals surface area contributed by atoms with Gasteiger partial charge in [0.25, 0.3) is 5.91 Å². The molecule has 3 aromatic rings. The summed E-state index contributed by atoms with van der Waals surface area (Å²) in [5, 5.41) is 6.23. The van der Waals surface area contributed by atoms with Gasteiger partial charge in [-0.25, -0.2) is 14.8 Å². The number of hydrogen-bond acceptors (Lipinski definition) is 8. The Morgan fingerprint density at radius 1 is 1.08 bits per heavy atom. The van der Waals surface area contributed by atoms with Crippen LogP contribution in [0.1, 0.15) is 72.9 Å². The van der Waals surface area contributed by atoms with E-state index in [0.29, 0.717) is 17.5 Å². The standard InChI is InChI=1S/C28H32ClN5O5/c1-2-15-38-28(37)24-22-20(11-12-30-24)39-25(27(36)32-21-10-7-18(29)16-31-21)23(22)33-26(35)17-5-8-19(9-6-17)34-13-3-4-14-34/h7,10-12,16-17,19H,2-6,8-9,13-15H2,1H3,(H,33,35)(H,31,32,36). The fraction of sp³-hybridized carbons (Fsp3) is 0.464. The van der Waals surface area contributed by atoms with Crippen LogP contribution in [0.2, 0.25) is 5.02 Å². The molecule has 206 valence electrons. The van der Waals surface area contributed by atoms with Crippen molar-refractivity contribution < 1.29 is 23.5 Å². The van der Waals surface area contributed by atoms with Crippen LogP contribution in [0.4, 0.5) is 11.5 Å². The summed E-state index contributed by atoms with van der Waals surface area (Å²) in [7, 11) is 0. The van der Waals surface area contributed by atoms with Crippen molar-refractivity contribution >= 4 is 51.9 Å². The van der Waals surface area contributed by atoms with Gasteiger partial charge >= 0.3 is 5.97 Å². The first-order chi connectivity index (χ1) is 18.9. The zero-order chi connectivity index (χ0) is 27.4. The van der Waals surface area contributed by atoms with Crippen LogP contribution in [0.25, 0.3) is 11.0 Å². The van der Waals surface area contributed by atoms with E-state index in [9.17, 15) is 14.4 Å². The molecule has 0 radical (unpaired) electrons. The Balaban J connectivity index is 1.43. The molecule has 2 N–H and O–H groups in total. The number of fused-ring (bicyclic) bond motifs is 1. The van der Waals surface area contributed by atoms with Gasteiger partial charge in [-0.3, -0.25) is 9.59 Å². The minimum absolute atomic E-state index is 0.0265. The number of pyridine rings is 2. The molecule has 1 saturated carbocycles. The second-order valence-corrected chi connectivity index (χ2v) is 10.5. The molecule has 1 aliphatic carbocycles. The molecule has 1 saturated heterocycles. The minimum Gasteiger partial charge on any atom is -0.461 e. The maximum absolute atomic E-state index is 13.5.